The van der Waals surface area contributed by atoms with E-state index in [0.29, 0.717) is 17.4 Å². The van der Waals surface area contributed by atoms with Gasteiger partial charge in [0.1, 0.15) is 5.72 Å². The third kappa shape index (κ3) is 3.25. The minimum atomic E-state index is -1.32. The molecule has 4 nitrogen and oxygen atoms in total. The van der Waals surface area contributed by atoms with Crippen molar-refractivity contribution in [2.45, 2.75) is 71.6 Å². The molecule has 0 aromatic rings. The number of aliphatic hydroxyl groups is 2. The Balaban J connectivity index is 1.73. The highest BCUT2D eigenvalue weighted by Gasteiger charge is 2.65. The van der Waals surface area contributed by atoms with Crippen molar-refractivity contribution < 1.29 is 15.0 Å². The van der Waals surface area contributed by atoms with Gasteiger partial charge < -0.3 is 15.5 Å². The lowest BCUT2D eigenvalue weighted by atomic mass is 9.66. The summed E-state index contributed by atoms with van der Waals surface area (Å²) in [6.45, 7) is 10.6. The predicted octanol–water partition coefficient (Wildman–Crippen LogP) is 4.02. The molecule has 4 heteroatoms. The van der Waals surface area contributed by atoms with Gasteiger partial charge in [0.05, 0.1) is 5.60 Å². The van der Waals surface area contributed by atoms with E-state index in [1.54, 1.807) is 0 Å². The van der Waals surface area contributed by atoms with Gasteiger partial charge >= 0.3 is 0 Å². The predicted molar refractivity (Wildman–Crippen MR) is 115 cm³/mol. The minimum Gasteiger partial charge on any atom is -0.390 e. The second-order valence-corrected chi connectivity index (χ2v) is 10.6. The summed E-state index contributed by atoms with van der Waals surface area (Å²) in [5.74, 6) is 0.176. The van der Waals surface area contributed by atoms with Crippen LogP contribution in [0.2, 0.25) is 0 Å². The Morgan fingerprint density at radius 2 is 2.00 bits per heavy atom. The molecule has 3 fully saturated rings. The Morgan fingerprint density at radius 1 is 1.28 bits per heavy atom. The second-order valence-electron chi connectivity index (χ2n) is 10.6. The Morgan fingerprint density at radius 3 is 2.69 bits per heavy atom. The van der Waals surface area contributed by atoms with Crippen LogP contribution < -0.4 is 5.32 Å². The van der Waals surface area contributed by atoms with Crippen LogP contribution in [0.15, 0.2) is 47.1 Å². The number of fused-ring (bicyclic) bond motifs is 1. The molecule has 1 aliphatic heterocycles. The third-order valence-electron chi connectivity index (χ3n) is 7.97. The van der Waals surface area contributed by atoms with Crippen LogP contribution in [0.5, 0.6) is 0 Å². The molecule has 3 unspecified atom stereocenters. The number of amides is 1. The molecule has 1 amide bonds. The van der Waals surface area contributed by atoms with E-state index in [4.69, 9.17) is 0 Å². The molecular formula is C25H35NO3. The summed E-state index contributed by atoms with van der Waals surface area (Å²) in [6.07, 6.45) is 13.8. The highest BCUT2D eigenvalue weighted by atomic mass is 16.3. The SMILES string of the molecule is CC(C)=C/C=C\[C@H](C)C1CC[C@]2(C)CC3C4/C(=C\C=C\12)C(=O)N[C@]4(O)C[C@@]3(C)O. The monoisotopic (exact) mass is 397 g/mol. The first kappa shape index (κ1) is 20.6. The summed E-state index contributed by atoms with van der Waals surface area (Å²) in [7, 11) is 0. The van der Waals surface area contributed by atoms with Gasteiger partial charge in [-0.05, 0) is 57.3 Å². The molecule has 0 bridgehead atoms. The zero-order valence-corrected chi connectivity index (χ0v) is 18.3. The fraction of sp³-hybridized carbons (Fsp3) is 0.640. The molecule has 1 saturated heterocycles. The van der Waals surface area contributed by atoms with Crippen LogP contribution in [0, 0.1) is 29.1 Å². The average Bonchev–Trinajstić information content (AvgIpc) is 3.07. The van der Waals surface area contributed by atoms with E-state index in [1.165, 1.54) is 11.1 Å². The number of hydrogen-bond acceptors (Lipinski definition) is 3. The topological polar surface area (TPSA) is 69.6 Å². The summed E-state index contributed by atoms with van der Waals surface area (Å²) in [6, 6.07) is 0. The standard InChI is InChI=1S/C25H35NO3/c1-15(2)7-6-8-16(3)17-11-12-23(4)13-20-21-18(9-10-19(17)23)22(27)26-25(21,29)14-24(20,5)28/h6-10,16-17,20-21,28-29H,11-14H2,1-5H3,(H,26,27)/b8-6-,18-9+,19-10-/t16-,17?,20?,21?,23+,24+,25-/m0/s1. The van der Waals surface area contributed by atoms with E-state index in [2.05, 4.69) is 57.3 Å². The molecule has 2 saturated carbocycles. The summed E-state index contributed by atoms with van der Waals surface area (Å²) < 4.78 is 0. The van der Waals surface area contributed by atoms with Crippen LogP contribution in [0.4, 0.5) is 0 Å². The van der Waals surface area contributed by atoms with Crippen molar-refractivity contribution in [2.24, 2.45) is 29.1 Å². The fourth-order valence-corrected chi connectivity index (χ4v) is 6.54. The van der Waals surface area contributed by atoms with Gasteiger partial charge in [-0.25, -0.2) is 0 Å². The van der Waals surface area contributed by atoms with E-state index >= 15 is 0 Å². The van der Waals surface area contributed by atoms with E-state index in [0.717, 1.165) is 19.3 Å². The number of carbonyl (C=O) groups excluding carboxylic acids is 1. The van der Waals surface area contributed by atoms with E-state index in [-0.39, 0.29) is 29.6 Å². The maximum Gasteiger partial charge on any atom is 0.249 e. The van der Waals surface area contributed by atoms with E-state index in [1.807, 2.05) is 13.0 Å². The van der Waals surface area contributed by atoms with Crippen molar-refractivity contribution in [3.63, 3.8) is 0 Å². The van der Waals surface area contributed by atoms with Crippen molar-refractivity contribution in [3.05, 3.63) is 47.1 Å². The molecule has 158 valence electrons. The van der Waals surface area contributed by atoms with Gasteiger partial charge in [-0.2, -0.15) is 0 Å². The molecule has 4 aliphatic rings. The van der Waals surface area contributed by atoms with Crippen LogP contribution in [0.3, 0.4) is 0 Å². The largest absolute Gasteiger partial charge is 0.390 e. The van der Waals surface area contributed by atoms with E-state index < -0.39 is 11.3 Å². The fourth-order valence-electron chi connectivity index (χ4n) is 6.54. The Bertz CT molecular complexity index is 844. The molecular weight excluding hydrogens is 362 g/mol. The Kier molecular flexibility index (Phi) is 4.75. The third-order valence-corrected chi connectivity index (χ3v) is 7.97. The zero-order valence-electron chi connectivity index (χ0n) is 18.3. The number of nitrogens with one attached hydrogen (secondary N) is 1. The molecule has 0 aromatic heterocycles. The van der Waals surface area contributed by atoms with Crippen molar-refractivity contribution in [2.75, 3.05) is 0 Å². The van der Waals surface area contributed by atoms with Gasteiger partial charge in [-0.1, -0.05) is 55.4 Å². The number of allylic oxidation sites excluding steroid dienone is 7. The van der Waals surface area contributed by atoms with Crippen LogP contribution in [-0.4, -0.2) is 27.4 Å². The maximum absolute atomic E-state index is 12.6. The lowest BCUT2D eigenvalue weighted by Gasteiger charge is -2.39. The van der Waals surface area contributed by atoms with Crippen LogP contribution in [0.1, 0.15) is 60.3 Å². The van der Waals surface area contributed by atoms with Gasteiger partial charge in [-0.3, -0.25) is 4.79 Å². The van der Waals surface area contributed by atoms with Crippen LogP contribution in [-0.2, 0) is 4.79 Å². The second kappa shape index (κ2) is 6.68. The van der Waals surface area contributed by atoms with Crippen molar-refractivity contribution in [3.8, 4) is 0 Å². The summed E-state index contributed by atoms with van der Waals surface area (Å²) in [5, 5.41) is 25.0. The molecule has 3 N–H and O–H groups in total. The quantitative estimate of drug-likeness (QED) is 0.630. The first-order chi connectivity index (χ1) is 13.5. The Hall–Kier alpha value is -1.65. The smallest absolute Gasteiger partial charge is 0.249 e. The van der Waals surface area contributed by atoms with Crippen molar-refractivity contribution in [1.29, 1.82) is 0 Å². The van der Waals surface area contributed by atoms with Gasteiger partial charge in [0.25, 0.3) is 0 Å². The molecule has 7 atom stereocenters. The Labute approximate surface area is 174 Å². The number of rotatable bonds is 3. The minimum absolute atomic E-state index is 0.0170. The molecule has 0 radical (unpaired) electrons. The number of carbonyl (C=O) groups is 1. The first-order valence-electron chi connectivity index (χ1n) is 11.0. The normalized spacial score (nSPS) is 48.0. The van der Waals surface area contributed by atoms with Gasteiger partial charge in [0.15, 0.2) is 0 Å². The van der Waals surface area contributed by atoms with E-state index in [9.17, 15) is 15.0 Å². The molecule has 4 rings (SSSR count). The highest BCUT2D eigenvalue weighted by Crippen LogP contribution is 2.61. The lowest BCUT2D eigenvalue weighted by Crippen LogP contribution is -2.44. The highest BCUT2D eigenvalue weighted by molar-refractivity contribution is 5.98. The van der Waals surface area contributed by atoms with Gasteiger partial charge in [-0.15, -0.1) is 0 Å². The maximum atomic E-state index is 12.6. The first-order valence-corrected chi connectivity index (χ1v) is 11.0. The van der Waals surface area contributed by atoms with Gasteiger partial charge in [0.2, 0.25) is 5.91 Å². The molecule has 0 aromatic carbocycles. The van der Waals surface area contributed by atoms with Crippen molar-refractivity contribution >= 4 is 5.91 Å². The van der Waals surface area contributed by atoms with Crippen LogP contribution in [0.25, 0.3) is 0 Å². The molecule has 0 spiro atoms. The summed E-state index contributed by atoms with van der Waals surface area (Å²) in [5.41, 5.74) is 0.972. The van der Waals surface area contributed by atoms with Gasteiger partial charge in [0, 0.05) is 23.8 Å². The van der Waals surface area contributed by atoms with Crippen LogP contribution >= 0.6 is 0 Å². The molecule has 3 aliphatic carbocycles. The number of hydrogen-bond donors (Lipinski definition) is 3. The molecule has 29 heavy (non-hydrogen) atoms. The summed E-state index contributed by atoms with van der Waals surface area (Å²) in [4.78, 5) is 12.6. The summed E-state index contributed by atoms with van der Waals surface area (Å²) >= 11 is 0. The zero-order chi connectivity index (χ0) is 21.2. The van der Waals surface area contributed by atoms with Crippen molar-refractivity contribution in [1.82, 2.24) is 5.32 Å². The lowest BCUT2D eigenvalue weighted by molar-refractivity contribution is -0.121. The molecule has 1 heterocycles. The average molecular weight is 398 g/mol.